The van der Waals surface area contributed by atoms with Crippen molar-refractivity contribution in [2.24, 2.45) is 0 Å². The Kier molecular flexibility index (Phi) is 5.84. The third-order valence-electron chi connectivity index (χ3n) is 4.53. The highest BCUT2D eigenvalue weighted by atomic mass is 16.2. The number of nitrogens with one attached hydrogen (secondary N) is 2. The van der Waals surface area contributed by atoms with Crippen LogP contribution in [0.15, 0.2) is 66.9 Å². The minimum absolute atomic E-state index is 0.164. The van der Waals surface area contributed by atoms with Gasteiger partial charge in [-0.15, -0.1) is 0 Å². The molecule has 1 unspecified atom stereocenters. The van der Waals surface area contributed by atoms with E-state index in [0.717, 1.165) is 22.4 Å². The molecule has 0 aliphatic rings. The number of benzene rings is 2. The Morgan fingerprint density at radius 2 is 1.68 bits per heavy atom. The molecule has 142 valence electrons. The molecule has 5 nitrogen and oxygen atoms in total. The number of carbonyl (C=O) groups excluding carboxylic acids is 2. The van der Waals surface area contributed by atoms with Gasteiger partial charge in [0.1, 0.15) is 5.69 Å². The highest BCUT2D eigenvalue weighted by molar-refractivity contribution is 6.06. The number of anilines is 1. The molecular weight excluding hydrogens is 350 g/mol. The fraction of sp³-hybridized carbons (Fsp3) is 0.174. The normalized spacial score (nSPS) is 11.5. The van der Waals surface area contributed by atoms with Crippen molar-refractivity contribution >= 4 is 17.5 Å². The quantitative estimate of drug-likeness (QED) is 0.694. The molecule has 2 amide bonds. The average Bonchev–Trinajstić information content (AvgIpc) is 2.70. The SMILES string of the molecule is Cc1ccc(NC(=O)c2ccnc(C(=O)NC(C)c3ccccc3)c2)c(C)c1. The van der Waals surface area contributed by atoms with Crippen LogP contribution in [0.25, 0.3) is 0 Å². The van der Waals surface area contributed by atoms with E-state index >= 15 is 0 Å². The lowest BCUT2D eigenvalue weighted by Gasteiger charge is -2.14. The van der Waals surface area contributed by atoms with Gasteiger partial charge in [0, 0.05) is 17.4 Å². The third-order valence-corrected chi connectivity index (χ3v) is 4.53. The van der Waals surface area contributed by atoms with Crippen LogP contribution < -0.4 is 10.6 Å². The second-order valence-corrected chi connectivity index (χ2v) is 6.81. The van der Waals surface area contributed by atoms with Crippen LogP contribution in [0.2, 0.25) is 0 Å². The molecule has 0 aliphatic carbocycles. The van der Waals surface area contributed by atoms with Crippen LogP contribution in [0, 0.1) is 13.8 Å². The molecular formula is C23H23N3O2. The maximum Gasteiger partial charge on any atom is 0.270 e. The smallest absolute Gasteiger partial charge is 0.270 e. The van der Waals surface area contributed by atoms with E-state index in [4.69, 9.17) is 0 Å². The number of hydrogen-bond donors (Lipinski definition) is 2. The van der Waals surface area contributed by atoms with Crippen LogP contribution in [-0.4, -0.2) is 16.8 Å². The van der Waals surface area contributed by atoms with Gasteiger partial charge in [-0.2, -0.15) is 0 Å². The molecule has 0 aliphatic heterocycles. The maximum atomic E-state index is 12.6. The number of aromatic nitrogens is 1. The molecule has 5 heteroatoms. The molecule has 0 saturated heterocycles. The van der Waals surface area contributed by atoms with Crippen LogP contribution in [0.3, 0.4) is 0 Å². The fourth-order valence-electron chi connectivity index (χ4n) is 2.94. The van der Waals surface area contributed by atoms with E-state index in [1.54, 1.807) is 6.07 Å². The number of amides is 2. The lowest BCUT2D eigenvalue weighted by atomic mass is 10.1. The number of carbonyl (C=O) groups is 2. The fourth-order valence-corrected chi connectivity index (χ4v) is 2.94. The summed E-state index contributed by atoms with van der Waals surface area (Å²) in [5.41, 5.74) is 4.45. The van der Waals surface area contributed by atoms with Crippen LogP contribution in [0.1, 0.15) is 50.5 Å². The molecule has 0 spiro atoms. The number of nitrogens with zero attached hydrogens (tertiary/aromatic N) is 1. The van der Waals surface area contributed by atoms with E-state index in [1.165, 1.54) is 12.3 Å². The van der Waals surface area contributed by atoms with E-state index < -0.39 is 0 Å². The Balaban J connectivity index is 1.72. The van der Waals surface area contributed by atoms with Crippen LogP contribution in [-0.2, 0) is 0 Å². The van der Waals surface area contributed by atoms with Gasteiger partial charge in [0.15, 0.2) is 0 Å². The lowest BCUT2D eigenvalue weighted by molar-refractivity contribution is 0.0935. The average molecular weight is 373 g/mol. The molecule has 1 aromatic heterocycles. The minimum Gasteiger partial charge on any atom is -0.344 e. The van der Waals surface area contributed by atoms with Crippen molar-refractivity contribution in [3.8, 4) is 0 Å². The second kappa shape index (κ2) is 8.48. The molecule has 1 atom stereocenters. The van der Waals surface area contributed by atoms with Crippen LogP contribution in [0.5, 0.6) is 0 Å². The summed E-state index contributed by atoms with van der Waals surface area (Å²) in [7, 11) is 0. The summed E-state index contributed by atoms with van der Waals surface area (Å²) in [4.78, 5) is 29.3. The van der Waals surface area contributed by atoms with E-state index in [2.05, 4.69) is 15.6 Å². The van der Waals surface area contributed by atoms with E-state index in [0.29, 0.717) is 5.56 Å². The number of rotatable bonds is 5. The summed E-state index contributed by atoms with van der Waals surface area (Å²) in [6.07, 6.45) is 1.47. The van der Waals surface area contributed by atoms with Crippen LogP contribution in [0.4, 0.5) is 5.69 Å². The first kappa shape index (κ1) is 19.3. The Hall–Kier alpha value is -3.47. The summed E-state index contributed by atoms with van der Waals surface area (Å²) in [5.74, 6) is -0.600. The molecule has 3 rings (SSSR count). The highest BCUT2D eigenvalue weighted by Crippen LogP contribution is 2.17. The zero-order valence-electron chi connectivity index (χ0n) is 16.2. The predicted octanol–water partition coefficient (Wildman–Crippen LogP) is 4.44. The maximum absolute atomic E-state index is 12.6. The van der Waals surface area contributed by atoms with Crippen molar-refractivity contribution in [2.75, 3.05) is 5.32 Å². The molecule has 3 aromatic rings. The Bertz CT molecular complexity index is 1000. The van der Waals surface area contributed by atoms with Crippen molar-refractivity contribution in [3.63, 3.8) is 0 Å². The van der Waals surface area contributed by atoms with Gasteiger partial charge in [-0.1, -0.05) is 48.0 Å². The number of pyridine rings is 1. The predicted molar refractivity (Wildman–Crippen MR) is 110 cm³/mol. The molecule has 2 aromatic carbocycles. The van der Waals surface area contributed by atoms with Gasteiger partial charge in [0.2, 0.25) is 0 Å². The van der Waals surface area contributed by atoms with Gasteiger partial charge in [-0.3, -0.25) is 14.6 Å². The van der Waals surface area contributed by atoms with E-state index in [9.17, 15) is 9.59 Å². The number of aryl methyl sites for hydroxylation is 2. The van der Waals surface area contributed by atoms with Crippen molar-refractivity contribution < 1.29 is 9.59 Å². The van der Waals surface area contributed by atoms with Gasteiger partial charge >= 0.3 is 0 Å². The zero-order chi connectivity index (χ0) is 20.1. The molecule has 2 N–H and O–H groups in total. The number of hydrogen-bond acceptors (Lipinski definition) is 3. The summed E-state index contributed by atoms with van der Waals surface area (Å²) in [5, 5.41) is 5.80. The Morgan fingerprint density at radius 1 is 0.929 bits per heavy atom. The van der Waals surface area contributed by atoms with Gasteiger partial charge in [-0.05, 0) is 50.1 Å². The van der Waals surface area contributed by atoms with Crippen molar-refractivity contribution in [1.82, 2.24) is 10.3 Å². The summed E-state index contributed by atoms with van der Waals surface area (Å²) in [6, 6.07) is 18.4. The van der Waals surface area contributed by atoms with Gasteiger partial charge in [0.05, 0.1) is 6.04 Å². The molecule has 0 bridgehead atoms. The first-order valence-corrected chi connectivity index (χ1v) is 9.14. The third kappa shape index (κ3) is 4.62. The first-order chi connectivity index (χ1) is 13.4. The highest BCUT2D eigenvalue weighted by Gasteiger charge is 2.15. The lowest BCUT2D eigenvalue weighted by Crippen LogP contribution is -2.27. The molecule has 28 heavy (non-hydrogen) atoms. The van der Waals surface area contributed by atoms with Gasteiger partial charge < -0.3 is 10.6 Å². The van der Waals surface area contributed by atoms with Gasteiger partial charge in [-0.25, -0.2) is 0 Å². The topological polar surface area (TPSA) is 71.1 Å². The summed E-state index contributed by atoms with van der Waals surface area (Å²) >= 11 is 0. The van der Waals surface area contributed by atoms with Crippen LogP contribution >= 0.6 is 0 Å². The molecule has 0 saturated carbocycles. The van der Waals surface area contributed by atoms with E-state index in [-0.39, 0.29) is 23.6 Å². The van der Waals surface area contributed by atoms with E-state index in [1.807, 2.05) is 69.3 Å². The van der Waals surface area contributed by atoms with Crippen molar-refractivity contribution in [3.05, 3.63) is 94.8 Å². The minimum atomic E-state index is -0.322. The monoisotopic (exact) mass is 373 g/mol. The second-order valence-electron chi connectivity index (χ2n) is 6.81. The Morgan fingerprint density at radius 3 is 2.39 bits per heavy atom. The van der Waals surface area contributed by atoms with Gasteiger partial charge in [0.25, 0.3) is 11.8 Å². The molecule has 0 radical (unpaired) electrons. The summed E-state index contributed by atoms with van der Waals surface area (Å²) < 4.78 is 0. The summed E-state index contributed by atoms with van der Waals surface area (Å²) in [6.45, 7) is 5.85. The first-order valence-electron chi connectivity index (χ1n) is 9.14. The zero-order valence-corrected chi connectivity index (χ0v) is 16.2. The largest absolute Gasteiger partial charge is 0.344 e. The molecule has 0 fully saturated rings. The van der Waals surface area contributed by atoms with Crippen molar-refractivity contribution in [2.45, 2.75) is 26.8 Å². The standard InChI is InChI=1S/C23H23N3O2/c1-15-9-10-20(16(2)13-15)26-22(27)19-11-12-24-21(14-19)23(28)25-17(3)18-7-5-4-6-8-18/h4-14,17H,1-3H3,(H,25,28)(H,26,27). The van der Waals surface area contributed by atoms with Crippen molar-refractivity contribution in [1.29, 1.82) is 0 Å². The molecule has 1 heterocycles. The Labute approximate surface area is 164 Å².